The molecular weight excluding hydrogens is 426 g/mol. The first-order valence-corrected chi connectivity index (χ1v) is 11.4. The molecular formula is C25H24ClN3OS. The van der Waals surface area contributed by atoms with Gasteiger partial charge in [0.1, 0.15) is 0 Å². The van der Waals surface area contributed by atoms with Gasteiger partial charge >= 0.3 is 0 Å². The van der Waals surface area contributed by atoms with Gasteiger partial charge in [-0.1, -0.05) is 72.3 Å². The van der Waals surface area contributed by atoms with Gasteiger partial charge in [-0.2, -0.15) is 5.10 Å². The third kappa shape index (κ3) is 5.06. The number of hydrogen-bond acceptors (Lipinski definition) is 3. The van der Waals surface area contributed by atoms with Gasteiger partial charge in [-0.25, -0.2) is 0 Å². The third-order valence-corrected chi connectivity index (χ3v) is 6.72. The second-order valence-corrected chi connectivity index (χ2v) is 8.88. The zero-order valence-corrected chi connectivity index (χ0v) is 19.2. The Morgan fingerprint density at radius 1 is 0.968 bits per heavy atom. The molecule has 4 rings (SSSR count). The minimum Gasteiger partial charge on any atom is -0.329 e. The molecule has 0 saturated heterocycles. The lowest BCUT2D eigenvalue weighted by atomic mass is 10.1. The lowest BCUT2D eigenvalue weighted by Gasteiger charge is -2.22. The monoisotopic (exact) mass is 449 g/mol. The van der Waals surface area contributed by atoms with Crippen LogP contribution in [0.15, 0.2) is 72.1 Å². The average molecular weight is 450 g/mol. The second-order valence-electron chi connectivity index (χ2n) is 7.59. The SMILES string of the molecule is Cc1nn(Cc2csc(C(=O)N(Cc3ccccc3)Cc3ccccc3)c2)c(C)c1Cl. The molecule has 0 spiro atoms. The van der Waals surface area contributed by atoms with Crippen LogP contribution in [0.4, 0.5) is 0 Å². The summed E-state index contributed by atoms with van der Waals surface area (Å²) in [5.74, 6) is 0.0374. The van der Waals surface area contributed by atoms with Crippen molar-refractivity contribution in [1.82, 2.24) is 14.7 Å². The highest BCUT2D eigenvalue weighted by Crippen LogP contribution is 2.23. The number of hydrogen-bond donors (Lipinski definition) is 0. The summed E-state index contributed by atoms with van der Waals surface area (Å²) in [5.41, 5.74) is 5.03. The highest BCUT2D eigenvalue weighted by Gasteiger charge is 2.19. The lowest BCUT2D eigenvalue weighted by Crippen LogP contribution is -2.29. The molecule has 1 amide bonds. The van der Waals surface area contributed by atoms with Crippen LogP contribution in [0.3, 0.4) is 0 Å². The standard InChI is InChI=1S/C25H24ClN3OS/c1-18-24(26)19(2)29(27-18)16-22-13-23(31-17-22)25(30)28(14-20-9-5-3-6-10-20)15-21-11-7-4-8-12-21/h3-13,17H,14-16H2,1-2H3. The molecule has 2 aromatic carbocycles. The fourth-order valence-corrected chi connectivity index (χ4v) is 4.54. The zero-order chi connectivity index (χ0) is 21.8. The van der Waals surface area contributed by atoms with Gasteiger partial charge in [-0.3, -0.25) is 9.48 Å². The summed E-state index contributed by atoms with van der Waals surface area (Å²) in [6.45, 7) is 5.59. The van der Waals surface area contributed by atoms with Gasteiger partial charge in [0.2, 0.25) is 0 Å². The third-order valence-electron chi connectivity index (χ3n) is 5.21. The van der Waals surface area contributed by atoms with Crippen molar-refractivity contribution < 1.29 is 4.79 Å². The summed E-state index contributed by atoms with van der Waals surface area (Å²) in [6.07, 6.45) is 0. The Hall–Kier alpha value is -2.89. The summed E-state index contributed by atoms with van der Waals surface area (Å²) in [7, 11) is 0. The van der Waals surface area contributed by atoms with E-state index in [0.29, 0.717) is 24.7 Å². The van der Waals surface area contributed by atoms with Crippen molar-refractivity contribution in [3.05, 3.63) is 110 Å². The van der Waals surface area contributed by atoms with E-state index in [2.05, 4.69) is 29.4 Å². The molecule has 4 aromatic rings. The summed E-state index contributed by atoms with van der Waals surface area (Å²) in [5, 5.41) is 7.23. The van der Waals surface area contributed by atoms with E-state index in [9.17, 15) is 4.79 Å². The number of nitrogens with zero attached hydrogens (tertiary/aromatic N) is 3. The number of aromatic nitrogens is 2. The van der Waals surface area contributed by atoms with Gasteiger partial charge in [0.15, 0.2) is 0 Å². The normalized spacial score (nSPS) is 10.9. The Kier molecular flexibility index (Phi) is 6.54. The fraction of sp³-hybridized carbons (Fsp3) is 0.200. The molecule has 0 bridgehead atoms. The summed E-state index contributed by atoms with van der Waals surface area (Å²) in [6, 6.07) is 22.2. The maximum atomic E-state index is 13.4. The predicted octanol–water partition coefficient (Wildman–Crippen LogP) is 6.11. The molecule has 6 heteroatoms. The van der Waals surface area contributed by atoms with E-state index in [0.717, 1.165) is 33.0 Å². The number of rotatable bonds is 7. The molecule has 0 saturated carbocycles. The van der Waals surface area contributed by atoms with Gasteiger partial charge in [0.25, 0.3) is 5.91 Å². The molecule has 158 valence electrons. The molecule has 2 heterocycles. The van der Waals surface area contributed by atoms with Crippen LogP contribution < -0.4 is 0 Å². The number of benzene rings is 2. The van der Waals surface area contributed by atoms with Crippen molar-refractivity contribution in [2.45, 2.75) is 33.5 Å². The van der Waals surface area contributed by atoms with Crippen LogP contribution in [0.1, 0.15) is 37.7 Å². The van der Waals surface area contributed by atoms with Gasteiger partial charge in [0.05, 0.1) is 27.8 Å². The number of thiophene rings is 1. The van der Waals surface area contributed by atoms with Crippen LogP contribution in [-0.4, -0.2) is 20.6 Å². The zero-order valence-electron chi connectivity index (χ0n) is 17.6. The second kappa shape index (κ2) is 9.50. The maximum absolute atomic E-state index is 13.4. The van der Waals surface area contributed by atoms with E-state index in [1.165, 1.54) is 11.3 Å². The van der Waals surface area contributed by atoms with Crippen molar-refractivity contribution in [3.63, 3.8) is 0 Å². The highest BCUT2D eigenvalue weighted by molar-refractivity contribution is 7.12. The van der Waals surface area contributed by atoms with Gasteiger partial charge < -0.3 is 4.90 Å². The molecule has 31 heavy (non-hydrogen) atoms. The molecule has 0 aliphatic heterocycles. The molecule has 0 unspecified atom stereocenters. The summed E-state index contributed by atoms with van der Waals surface area (Å²) in [4.78, 5) is 16.1. The first-order valence-electron chi connectivity index (χ1n) is 10.2. The molecule has 0 aliphatic carbocycles. The number of halogens is 1. The molecule has 0 radical (unpaired) electrons. The highest BCUT2D eigenvalue weighted by atomic mass is 35.5. The van der Waals surface area contributed by atoms with Crippen molar-refractivity contribution in [2.24, 2.45) is 0 Å². The molecule has 0 atom stereocenters. The van der Waals surface area contributed by atoms with Crippen LogP contribution >= 0.6 is 22.9 Å². The smallest absolute Gasteiger partial charge is 0.264 e. The van der Waals surface area contributed by atoms with E-state index in [-0.39, 0.29) is 5.91 Å². The van der Waals surface area contributed by atoms with Crippen LogP contribution in [0, 0.1) is 13.8 Å². The Balaban J connectivity index is 1.55. The molecule has 4 nitrogen and oxygen atoms in total. The van der Waals surface area contributed by atoms with Gasteiger partial charge in [-0.05, 0) is 42.0 Å². The molecule has 0 aliphatic rings. The van der Waals surface area contributed by atoms with Crippen LogP contribution in [0.2, 0.25) is 5.02 Å². The Morgan fingerprint density at radius 2 is 1.55 bits per heavy atom. The predicted molar refractivity (Wildman–Crippen MR) is 127 cm³/mol. The minimum atomic E-state index is 0.0374. The first-order chi connectivity index (χ1) is 15.0. The average Bonchev–Trinajstić information content (AvgIpc) is 3.35. The number of aryl methyl sites for hydroxylation is 1. The Bertz CT molecular complexity index is 1130. The number of carbonyl (C=O) groups excluding carboxylic acids is 1. The van der Waals surface area contributed by atoms with Crippen molar-refractivity contribution in [2.75, 3.05) is 0 Å². The topological polar surface area (TPSA) is 38.1 Å². The van der Waals surface area contributed by atoms with Crippen LogP contribution in [0.5, 0.6) is 0 Å². The van der Waals surface area contributed by atoms with Crippen LogP contribution in [-0.2, 0) is 19.6 Å². The van der Waals surface area contributed by atoms with Crippen molar-refractivity contribution >= 4 is 28.8 Å². The van der Waals surface area contributed by atoms with E-state index in [1.54, 1.807) is 0 Å². The van der Waals surface area contributed by atoms with Crippen LogP contribution in [0.25, 0.3) is 0 Å². The van der Waals surface area contributed by atoms with E-state index in [4.69, 9.17) is 11.6 Å². The quantitative estimate of drug-likeness (QED) is 0.341. The first kappa shape index (κ1) is 21.3. The van der Waals surface area contributed by atoms with Gasteiger partial charge in [-0.15, -0.1) is 11.3 Å². The summed E-state index contributed by atoms with van der Waals surface area (Å²) < 4.78 is 1.89. The maximum Gasteiger partial charge on any atom is 0.264 e. The Morgan fingerprint density at radius 3 is 2.06 bits per heavy atom. The summed E-state index contributed by atoms with van der Waals surface area (Å²) >= 11 is 7.75. The molecule has 2 aromatic heterocycles. The van der Waals surface area contributed by atoms with E-state index >= 15 is 0 Å². The minimum absolute atomic E-state index is 0.0374. The van der Waals surface area contributed by atoms with Gasteiger partial charge in [0, 0.05) is 13.1 Å². The van der Waals surface area contributed by atoms with E-state index in [1.807, 2.05) is 71.3 Å². The number of carbonyl (C=O) groups is 1. The lowest BCUT2D eigenvalue weighted by molar-refractivity contribution is 0.0735. The molecule has 0 fully saturated rings. The Labute approximate surface area is 191 Å². The van der Waals surface area contributed by atoms with Crippen molar-refractivity contribution in [1.29, 1.82) is 0 Å². The van der Waals surface area contributed by atoms with E-state index < -0.39 is 0 Å². The number of amides is 1. The van der Waals surface area contributed by atoms with Crippen molar-refractivity contribution in [3.8, 4) is 0 Å². The molecule has 0 N–H and O–H groups in total. The fourth-order valence-electron chi connectivity index (χ4n) is 3.54. The largest absolute Gasteiger partial charge is 0.329 e.